The van der Waals surface area contributed by atoms with Crippen molar-refractivity contribution in [3.05, 3.63) is 11.6 Å². The number of carbonyl (C=O) groups excluding carboxylic acids is 3. The van der Waals surface area contributed by atoms with E-state index in [1.807, 2.05) is 13.0 Å². The SMILES string of the molecule is C/C=C1/C(C(=O)OC)[C@H]2CC(C(=O)OCC)(C(=O)OCC)C[C@@H]12. The lowest BCUT2D eigenvalue weighted by molar-refractivity contribution is -0.172. The third-order valence-corrected chi connectivity index (χ3v) is 5.01. The number of carbonyl (C=O) groups is 3. The van der Waals surface area contributed by atoms with Gasteiger partial charge >= 0.3 is 17.9 Å². The van der Waals surface area contributed by atoms with Crippen molar-refractivity contribution in [1.29, 1.82) is 0 Å². The molecule has 2 fully saturated rings. The van der Waals surface area contributed by atoms with Crippen LogP contribution < -0.4 is 0 Å². The molecule has 0 amide bonds. The van der Waals surface area contributed by atoms with E-state index in [9.17, 15) is 14.4 Å². The van der Waals surface area contributed by atoms with E-state index in [1.54, 1.807) is 13.8 Å². The van der Waals surface area contributed by atoms with Crippen molar-refractivity contribution in [2.45, 2.75) is 33.6 Å². The highest BCUT2D eigenvalue weighted by molar-refractivity contribution is 6.01. The first-order chi connectivity index (χ1) is 11.0. The molecule has 3 atom stereocenters. The summed E-state index contributed by atoms with van der Waals surface area (Å²) in [6.07, 6.45) is 2.49. The van der Waals surface area contributed by atoms with Crippen LogP contribution in [0.5, 0.6) is 0 Å². The van der Waals surface area contributed by atoms with Crippen LogP contribution in [-0.4, -0.2) is 38.2 Å². The Hall–Kier alpha value is -1.85. The summed E-state index contributed by atoms with van der Waals surface area (Å²) in [6, 6.07) is 0. The van der Waals surface area contributed by atoms with E-state index in [1.165, 1.54) is 7.11 Å². The minimum atomic E-state index is -1.31. The van der Waals surface area contributed by atoms with E-state index >= 15 is 0 Å². The summed E-state index contributed by atoms with van der Waals surface area (Å²) in [6.45, 7) is 5.67. The largest absolute Gasteiger partial charge is 0.469 e. The van der Waals surface area contributed by atoms with Gasteiger partial charge in [-0.3, -0.25) is 14.4 Å². The second kappa shape index (κ2) is 6.72. The second-order valence-corrected chi connectivity index (χ2v) is 5.99. The smallest absolute Gasteiger partial charge is 0.323 e. The predicted molar refractivity (Wildman–Crippen MR) is 81.2 cm³/mol. The first-order valence-electron chi connectivity index (χ1n) is 8.05. The number of hydrogen-bond acceptors (Lipinski definition) is 6. The van der Waals surface area contributed by atoms with Crippen LogP contribution in [0.3, 0.4) is 0 Å². The zero-order valence-electron chi connectivity index (χ0n) is 14.1. The molecule has 2 aliphatic rings. The second-order valence-electron chi connectivity index (χ2n) is 5.99. The standard InChI is InChI=1S/C17H24O6/c1-5-10-11-8-17(15(19)22-6-2,16(20)23-7-3)9-12(11)13(10)14(18)21-4/h5,11-13H,6-9H2,1-4H3/b10-5+/t11-,12-,13?/m0/s1. The van der Waals surface area contributed by atoms with Crippen LogP contribution in [0.25, 0.3) is 0 Å². The van der Waals surface area contributed by atoms with Crippen LogP contribution in [0.2, 0.25) is 0 Å². The third-order valence-electron chi connectivity index (χ3n) is 5.01. The molecule has 0 bridgehead atoms. The Morgan fingerprint density at radius 3 is 2.13 bits per heavy atom. The molecule has 2 aliphatic carbocycles. The molecule has 6 nitrogen and oxygen atoms in total. The van der Waals surface area contributed by atoms with Crippen LogP contribution in [0.1, 0.15) is 33.6 Å². The normalized spacial score (nSPS) is 29.4. The van der Waals surface area contributed by atoms with Crippen molar-refractivity contribution in [3.63, 3.8) is 0 Å². The lowest BCUT2D eigenvalue weighted by Gasteiger charge is -2.41. The monoisotopic (exact) mass is 324 g/mol. The van der Waals surface area contributed by atoms with Crippen LogP contribution in [0.4, 0.5) is 0 Å². The first kappa shape index (κ1) is 17.5. The maximum Gasteiger partial charge on any atom is 0.323 e. The summed E-state index contributed by atoms with van der Waals surface area (Å²) >= 11 is 0. The van der Waals surface area contributed by atoms with E-state index in [2.05, 4.69) is 0 Å². The van der Waals surface area contributed by atoms with Crippen molar-refractivity contribution in [2.24, 2.45) is 23.2 Å². The minimum Gasteiger partial charge on any atom is -0.469 e. The Bertz CT molecular complexity index is 517. The number of esters is 3. The zero-order valence-corrected chi connectivity index (χ0v) is 14.1. The molecule has 128 valence electrons. The van der Waals surface area contributed by atoms with Gasteiger partial charge in [0.15, 0.2) is 5.41 Å². The van der Waals surface area contributed by atoms with Crippen LogP contribution in [0, 0.1) is 23.2 Å². The predicted octanol–water partition coefficient (Wildman–Crippen LogP) is 1.87. The highest BCUT2D eigenvalue weighted by atomic mass is 16.6. The van der Waals surface area contributed by atoms with E-state index in [0.29, 0.717) is 6.42 Å². The average Bonchev–Trinajstić information content (AvgIpc) is 2.85. The van der Waals surface area contributed by atoms with Crippen molar-refractivity contribution in [1.82, 2.24) is 0 Å². The third kappa shape index (κ3) is 2.64. The molecule has 0 spiro atoms. The van der Waals surface area contributed by atoms with Gasteiger partial charge in [0.05, 0.1) is 26.2 Å². The van der Waals surface area contributed by atoms with E-state index in [-0.39, 0.29) is 43.4 Å². The Morgan fingerprint density at radius 1 is 1.13 bits per heavy atom. The van der Waals surface area contributed by atoms with Crippen LogP contribution in [-0.2, 0) is 28.6 Å². The highest BCUT2D eigenvalue weighted by Crippen LogP contribution is 2.62. The highest BCUT2D eigenvalue weighted by Gasteiger charge is 2.65. The molecule has 0 aromatic carbocycles. The Labute approximate surface area is 136 Å². The first-order valence-corrected chi connectivity index (χ1v) is 8.05. The van der Waals surface area contributed by atoms with Gasteiger partial charge in [0.25, 0.3) is 0 Å². The van der Waals surface area contributed by atoms with Gasteiger partial charge in [0.2, 0.25) is 0 Å². The fourth-order valence-electron chi connectivity index (χ4n) is 4.02. The summed E-state index contributed by atoms with van der Waals surface area (Å²) < 4.78 is 15.1. The Morgan fingerprint density at radius 2 is 1.70 bits per heavy atom. The minimum absolute atomic E-state index is 0.0258. The number of fused-ring (bicyclic) bond motifs is 1. The Kier molecular flexibility index (Phi) is 5.12. The lowest BCUT2D eigenvalue weighted by atomic mass is 9.62. The molecule has 0 saturated heterocycles. The number of hydrogen-bond donors (Lipinski definition) is 0. The van der Waals surface area contributed by atoms with Gasteiger partial charge in [-0.05, 0) is 45.4 Å². The van der Waals surface area contributed by atoms with Gasteiger partial charge in [0.1, 0.15) is 0 Å². The number of allylic oxidation sites excluding steroid dienone is 1. The van der Waals surface area contributed by atoms with Crippen molar-refractivity contribution in [2.75, 3.05) is 20.3 Å². The van der Waals surface area contributed by atoms with Gasteiger partial charge in [-0.2, -0.15) is 0 Å². The van der Waals surface area contributed by atoms with Crippen molar-refractivity contribution < 1.29 is 28.6 Å². The van der Waals surface area contributed by atoms with Crippen molar-refractivity contribution >= 4 is 17.9 Å². The molecule has 23 heavy (non-hydrogen) atoms. The average molecular weight is 324 g/mol. The summed E-state index contributed by atoms with van der Waals surface area (Å²) in [5.41, 5.74) is -0.365. The number of rotatable bonds is 5. The zero-order chi connectivity index (χ0) is 17.2. The van der Waals surface area contributed by atoms with E-state index in [4.69, 9.17) is 14.2 Å². The molecule has 2 saturated carbocycles. The topological polar surface area (TPSA) is 78.9 Å². The summed E-state index contributed by atoms with van der Waals surface area (Å²) in [5.74, 6) is -1.84. The molecule has 0 radical (unpaired) electrons. The maximum absolute atomic E-state index is 12.5. The molecule has 2 rings (SSSR count). The van der Waals surface area contributed by atoms with Gasteiger partial charge < -0.3 is 14.2 Å². The molecule has 0 aromatic rings. The van der Waals surface area contributed by atoms with Crippen LogP contribution in [0.15, 0.2) is 11.6 Å². The quantitative estimate of drug-likeness (QED) is 0.332. The number of methoxy groups -OCH3 is 1. The molecule has 6 heteroatoms. The van der Waals surface area contributed by atoms with E-state index < -0.39 is 17.4 Å². The fourth-order valence-corrected chi connectivity index (χ4v) is 4.02. The molecular weight excluding hydrogens is 300 g/mol. The molecule has 1 unspecified atom stereocenters. The van der Waals surface area contributed by atoms with Gasteiger partial charge in [-0.25, -0.2) is 0 Å². The van der Waals surface area contributed by atoms with Gasteiger partial charge in [-0.15, -0.1) is 0 Å². The summed E-state index contributed by atoms with van der Waals surface area (Å²) in [5, 5.41) is 0. The lowest BCUT2D eigenvalue weighted by Crippen LogP contribution is -2.42. The number of ether oxygens (including phenoxy) is 3. The summed E-state index contributed by atoms with van der Waals surface area (Å²) in [7, 11) is 1.35. The fraction of sp³-hybridized carbons (Fsp3) is 0.706. The van der Waals surface area contributed by atoms with E-state index in [0.717, 1.165) is 5.57 Å². The van der Waals surface area contributed by atoms with Crippen molar-refractivity contribution in [3.8, 4) is 0 Å². The molecule has 0 aromatic heterocycles. The molecule has 0 heterocycles. The summed E-state index contributed by atoms with van der Waals surface area (Å²) in [4.78, 5) is 37.0. The van der Waals surface area contributed by atoms with Crippen LogP contribution >= 0.6 is 0 Å². The van der Waals surface area contributed by atoms with Gasteiger partial charge in [0, 0.05) is 0 Å². The molecule has 0 aliphatic heterocycles. The Balaban J connectivity index is 2.32. The van der Waals surface area contributed by atoms with Gasteiger partial charge in [-0.1, -0.05) is 11.6 Å². The molecular formula is C17H24O6. The maximum atomic E-state index is 12.5. The molecule has 0 N–H and O–H groups in total.